The number of hydrogen-bond donors (Lipinski definition) is 1. The Morgan fingerprint density at radius 3 is 2.50 bits per heavy atom. The van der Waals surface area contributed by atoms with Crippen molar-refractivity contribution in [3.63, 3.8) is 0 Å². The van der Waals surface area contributed by atoms with Crippen LogP contribution in [0.4, 0.5) is 0 Å². The molecular formula is C8H12N2O3S. The minimum atomic E-state index is -3.42. The van der Waals surface area contributed by atoms with Crippen LogP contribution in [0.5, 0.6) is 0 Å². The highest BCUT2D eigenvalue weighted by atomic mass is 32.2. The zero-order chi connectivity index (χ0) is 10.9. The Labute approximate surface area is 83.3 Å². The van der Waals surface area contributed by atoms with Crippen LogP contribution in [-0.4, -0.2) is 24.1 Å². The quantitative estimate of drug-likeness (QED) is 0.464. The van der Waals surface area contributed by atoms with Crippen LogP contribution in [0, 0.1) is 0 Å². The van der Waals surface area contributed by atoms with Crippen molar-refractivity contribution in [2.45, 2.75) is 0 Å². The Bertz CT molecular complexity index is 309. The first-order valence-corrected chi connectivity index (χ1v) is 5.25. The second-order valence-corrected chi connectivity index (χ2v) is 3.68. The van der Waals surface area contributed by atoms with Crippen molar-refractivity contribution >= 4 is 10.1 Å². The van der Waals surface area contributed by atoms with E-state index < -0.39 is 10.1 Å². The average molecular weight is 216 g/mol. The van der Waals surface area contributed by atoms with Crippen molar-refractivity contribution in [1.29, 1.82) is 0 Å². The lowest BCUT2D eigenvalue weighted by atomic mass is 10.8. The van der Waals surface area contributed by atoms with Gasteiger partial charge in [-0.3, -0.25) is 0 Å². The third-order valence-electron chi connectivity index (χ3n) is 0.943. The Morgan fingerprint density at radius 2 is 2.21 bits per heavy atom. The first-order chi connectivity index (χ1) is 6.62. The lowest BCUT2D eigenvalue weighted by molar-refractivity contribution is 0.448. The van der Waals surface area contributed by atoms with Gasteiger partial charge in [0.15, 0.2) is 0 Å². The molecule has 0 aliphatic heterocycles. The molecule has 1 heterocycles. The largest absolute Gasteiger partial charge is 0.391 e. The smallest absolute Gasteiger partial charge is 0.312 e. The van der Waals surface area contributed by atoms with Crippen LogP contribution in [0.2, 0.25) is 0 Å². The van der Waals surface area contributed by atoms with Crippen LogP contribution in [0.1, 0.15) is 0 Å². The lowest BCUT2D eigenvalue weighted by Crippen LogP contribution is -2.03. The molecule has 5 nitrogen and oxygen atoms in total. The number of nitrogens with zero attached hydrogens (tertiary/aromatic N) is 1. The Hall–Kier alpha value is -1.56. The monoisotopic (exact) mass is 216 g/mol. The predicted molar refractivity (Wildman–Crippen MR) is 53.9 cm³/mol. The van der Waals surface area contributed by atoms with Gasteiger partial charge in [0.25, 0.3) is 0 Å². The van der Waals surface area contributed by atoms with E-state index in [1.54, 1.807) is 18.7 Å². The molecule has 1 rings (SSSR count). The second kappa shape index (κ2) is 6.90. The molecule has 0 atom stereocenters. The number of hydrogen-bond acceptors (Lipinski definition) is 4. The maximum absolute atomic E-state index is 10.5. The molecular weight excluding hydrogens is 204 g/mol. The van der Waals surface area contributed by atoms with Crippen LogP contribution in [-0.2, 0) is 14.3 Å². The van der Waals surface area contributed by atoms with Gasteiger partial charge < -0.3 is 9.17 Å². The molecule has 0 aromatic carbocycles. The number of rotatable bonds is 4. The van der Waals surface area contributed by atoms with E-state index in [0.29, 0.717) is 0 Å². The first-order valence-electron chi connectivity index (χ1n) is 3.68. The van der Waals surface area contributed by atoms with E-state index in [0.717, 1.165) is 6.26 Å². The highest BCUT2D eigenvalue weighted by Crippen LogP contribution is 1.91. The molecule has 1 aromatic heterocycles. The molecule has 6 heteroatoms. The van der Waals surface area contributed by atoms with Crippen LogP contribution >= 0.6 is 0 Å². The van der Waals surface area contributed by atoms with E-state index in [9.17, 15) is 8.42 Å². The summed E-state index contributed by atoms with van der Waals surface area (Å²) in [4.78, 5) is 6.42. The number of aromatic nitrogens is 2. The van der Waals surface area contributed by atoms with E-state index >= 15 is 0 Å². The minimum Gasteiger partial charge on any atom is -0.391 e. The second-order valence-electron chi connectivity index (χ2n) is 2.04. The normalized spacial score (nSPS) is 9.43. The minimum absolute atomic E-state index is 0.182. The molecule has 0 amide bonds. The molecule has 0 fully saturated rings. The van der Waals surface area contributed by atoms with Crippen molar-refractivity contribution < 1.29 is 12.6 Å². The van der Waals surface area contributed by atoms with E-state index in [-0.39, 0.29) is 5.75 Å². The standard InChI is InChI=1S/C5H8O3S.C3H4N2/c1-3-5-9(6,7)8-4-2;1-2-5-3-4-1/h3-4H,1-2,5H2;1-3H,(H,4,5). The Kier molecular flexibility index (Phi) is 6.13. The van der Waals surface area contributed by atoms with E-state index in [4.69, 9.17) is 0 Å². The van der Waals surface area contributed by atoms with Gasteiger partial charge >= 0.3 is 10.1 Å². The topological polar surface area (TPSA) is 72.1 Å². The maximum Gasteiger partial charge on any atom is 0.312 e. The molecule has 0 bridgehead atoms. The molecule has 1 N–H and O–H groups in total. The molecule has 0 aliphatic rings. The van der Waals surface area contributed by atoms with Crippen molar-refractivity contribution in [2.75, 3.05) is 5.75 Å². The zero-order valence-electron chi connectivity index (χ0n) is 7.59. The Balaban J connectivity index is 0.000000280. The summed E-state index contributed by atoms with van der Waals surface area (Å²) in [6.07, 6.45) is 7.21. The number of nitrogens with one attached hydrogen (secondary N) is 1. The highest BCUT2D eigenvalue weighted by molar-refractivity contribution is 7.86. The third-order valence-corrected chi connectivity index (χ3v) is 2.02. The van der Waals surface area contributed by atoms with E-state index in [1.165, 1.54) is 6.08 Å². The number of imidazole rings is 1. The molecule has 78 valence electrons. The van der Waals surface area contributed by atoms with Crippen LogP contribution in [0.15, 0.2) is 44.2 Å². The van der Waals surface area contributed by atoms with Gasteiger partial charge in [0, 0.05) is 12.4 Å². The van der Waals surface area contributed by atoms with Crippen molar-refractivity contribution in [3.8, 4) is 0 Å². The molecule has 0 radical (unpaired) electrons. The molecule has 14 heavy (non-hydrogen) atoms. The van der Waals surface area contributed by atoms with Gasteiger partial charge in [-0.15, -0.1) is 6.58 Å². The summed E-state index contributed by atoms with van der Waals surface area (Å²) < 4.78 is 25.1. The summed E-state index contributed by atoms with van der Waals surface area (Å²) in [7, 11) is -3.42. The molecule has 0 aliphatic carbocycles. The summed E-state index contributed by atoms with van der Waals surface area (Å²) in [5.41, 5.74) is 0. The highest BCUT2D eigenvalue weighted by Gasteiger charge is 2.03. The summed E-state index contributed by atoms with van der Waals surface area (Å²) in [6.45, 7) is 6.33. The third kappa shape index (κ3) is 7.11. The van der Waals surface area contributed by atoms with Crippen LogP contribution in [0.3, 0.4) is 0 Å². The van der Waals surface area contributed by atoms with Crippen LogP contribution in [0.25, 0.3) is 0 Å². The summed E-state index contributed by atoms with van der Waals surface area (Å²) in [6, 6.07) is 0. The molecule has 0 spiro atoms. The fraction of sp³-hybridized carbons (Fsp3) is 0.125. The van der Waals surface area contributed by atoms with Crippen molar-refractivity contribution in [2.24, 2.45) is 0 Å². The molecule has 1 aromatic rings. The lowest BCUT2D eigenvalue weighted by Gasteiger charge is -1.95. The fourth-order valence-electron chi connectivity index (χ4n) is 0.502. The zero-order valence-corrected chi connectivity index (χ0v) is 8.40. The average Bonchev–Trinajstić information content (AvgIpc) is 2.59. The molecule has 0 saturated heterocycles. The van der Waals surface area contributed by atoms with Gasteiger partial charge in [0.1, 0.15) is 5.75 Å². The molecule has 0 saturated carbocycles. The summed E-state index contributed by atoms with van der Waals surface area (Å²) in [5.74, 6) is -0.182. The van der Waals surface area contributed by atoms with Gasteiger partial charge in [-0.05, 0) is 0 Å². The fourth-order valence-corrected chi connectivity index (χ4v) is 1.08. The SMILES string of the molecule is C=CCS(=O)(=O)OC=C.c1c[nH]cn1. The summed E-state index contributed by atoms with van der Waals surface area (Å²) >= 11 is 0. The van der Waals surface area contributed by atoms with Gasteiger partial charge in [-0.25, -0.2) is 4.98 Å². The number of aromatic amines is 1. The van der Waals surface area contributed by atoms with Gasteiger partial charge in [-0.1, -0.05) is 12.7 Å². The Morgan fingerprint density at radius 1 is 1.50 bits per heavy atom. The maximum atomic E-state index is 10.5. The van der Waals surface area contributed by atoms with Crippen molar-refractivity contribution in [1.82, 2.24) is 9.97 Å². The summed E-state index contributed by atoms with van der Waals surface area (Å²) in [5, 5.41) is 0. The molecule has 0 unspecified atom stereocenters. The van der Waals surface area contributed by atoms with E-state index in [2.05, 4.69) is 27.3 Å². The predicted octanol–water partition coefficient (Wildman–Crippen LogP) is 1.07. The first kappa shape index (κ1) is 12.4. The van der Waals surface area contributed by atoms with E-state index in [1.807, 2.05) is 0 Å². The van der Waals surface area contributed by atoms with Crippen molar-refractivity contribution in [3.05, 3.63) is 44.2 Å². The number of H-pyrrole nitrogens is 1. The van der Waals surface area contributed by atoms with Gasteiger partial charge in [0.2, 0.25) is 0 Å². The van der Waals surface area contributed by atoms with Gasteiger partial charge in [-0.2, -0.15) is 8.42 Å². The van der Waals surface area contributed by atoms with Gasteiger partial charge in [0.05, 0.1) is 12.6 Å². The van der Waals surface area contributed by atoms with Crippen LogP contribution < -0.4 is 0 Å².